The maximum Gasteiger partial charge on any atom is 0.269 e. The minimum Gasteiger partial charge on any atom is -0.435 e. The number of aryl methyl sites for hydroxylation is 1. The Morgan fingerprint density at radius 3 is 2.88 bits per heavy atom. The van der Waals surface area contributed by atoms with Crippen molar-refractivity contribution in [2.75, 3.05) is 5.32 Å². The van der Waals surface area contributed by atoms with E-state index in [1.54, 1.807) is 24.3 Å². The van der Waals surface area contributed by atoms with Gasteiger partial charge in [-0.05, 0) is 36.2 Å². The minimum atomic E-state index is -0.293. The molecule has 0 radical (unpaired) electrons. The first-order valence-corrected chi connectivity index (χ1v) is 8.82. The molecular formula is C16H12Cl2N4O2S. The van der Waals surface area contributed by atoms with E-state index in [0.717, 1.165) is 11.5 Å². The number of nitrogens with one attached hydrogen (secondary N) is 1. The van der Waals surface area contributed by atoms with E-state index in [0.29, 0.717) is 33.5 Å². The zero-order valence-corrected chi connectivity index (χ0v) is 15.3. The molecule has 0 aliphatic heterocycles. The zero-order chi connectivity index (χ0) is 17.8. The Hall–Kier alpha value is -2.22. The fourth-order valence-electron chi connectivity index (χ4n) is 2.03. The van der Waals surface area contributed by atoms with Crippen LogP contribution in [-0.4, -0.2) is 20.5 Å². The molecule has 0 aliphatic carbocycles. The van der Waals surface area contributed by atoms with Gasteiger partial charge in [-0.25, -0.2) is 4.98 Å². The first-order chi connectivity index (χ1) is 12.1. The maximum atomic E-state index is 12.5. The minimum absolute atomic E-state index is 0.196. The maximum absolute atomic E-state index is 12.5. The van der Waals surface area contributed by atoms with Gasteiger partial charge in [-0.1, -0.05) is 46.7 Å². The smallest absolute Gasteiger partial charge is 0.269 e. The first kappa shape index (κ1) is 17.6. The molecule has 0 unspecified atom stereocenters. The second kappa shape index (κ2) is 7.77. The van der Waals surface area contributed by atoms with Gasteiger partial charge in [-0.2, -0.15) is 0 Å². The topological polar surface area (TPSA) is 77.0 Å². The van der Waals surface area contributed by atoms with Gasteiger partial charge in [-0.3, -0.25) is 4.79 Å². The number of aromatic nitrogens is 3. The number of para-hydroxylation sites is 2. The monoisotopic (exact) mass is 394 g/mol. The Balaban J connectivity index is 1.85. The van der Waals surface area contributed by atoms with Crippen LogP contribution in [-0.2, 0) is 6.42 Å². The van der Waals surface area contributed by atoms with Crippen molar-refractivity contribution in [1.82, 2.24) is 14.6 Å². The number of hydrogen-bond acceptors (Lipinski definition) is 6. The van der Waals surface area contributed by atoms with E-state index in [9.17, 15) is 4.79 Å². The number of benzene rings is 1. The summed E-state index contributed by atoms with van der Waals surface area (Å²) in [5.74, 6) is 0.308. The van der Waals surface area contributed by atoms with Gasteiger partial charge >= 0.3 is 0 Å². The molecule has 128 valence electrons. The van der Waals surface area contributed by atoms with Gasteiger partial charge in [0.15, 0.2) is 5.75 Å². The normalized spacial score (nSPS) is 10.5. The number of ether oxygens (including phenoxy) is 1. The van der Waals surface area contributed by atoms with Crippen molar-refractivity contribution >= 4 is 46.3 Å². The summed E-state index contributed by atoms with van der Waals surface area (Å²) in [5, 5.41) is 7.43. The molecular weight excluding hydrogens is 383 g/mol. The van der Waals surface area contributed by atoms with Crippen molar-refractivity contribution in [3.63, 3.8) is 0 Å². The number of nitrogens with zero attached hydrogens (tertiary/aromatic N) is 3. The number of amides is 1. The molecule has 0 bridgehead atoms. The van der Waals surface area contributed by atoms with Gasteiger partial charge in [0.25, 0.3) is 5.91 Å². The third-order valence-electron chi connectivity index (χ3n) is 3.21. The predicted molar refractivity (Wildman–Crippen MR) is 98.0 cm³/mol. The Bertz CT molecular complexity index is 917. The number of rotatable bonds is 5. The van der Waals surface area contributed by atoms with Crippen LogP contribution in [0.5, 0.6) is 11.6 Å². The molecule has 1 aromatic carbocycles. The number of hydrogen-bond donors (Lipinski definition) is 1. The summed E-state index contributed by atoms with van der Waals surface area (Å²) in [5.41, 5.74) is 1.14. The van der Waals surface area contributed by atoms with Crippen molar-refractivity contribution < 1.29 is 9.53 Å². The van der Waals surface area contributed by atoms with Crippen LogP contribution in [0.4, 0.5) is 5.69 Å². The van der Waals surface area contributed by atoms with E-state index in [-0.39, 0.29) is 16.8 Å². The van der Waals surface area contributed by atoms with Gasteiger partial charge in [0, 0.05) is 6.20 Å². The third kappa shape index (κ3) is 4.07. The summed E-state index contributed by atoms with van der Waals surface area (Å²) in [4.78, 5) is 17.0. The van der Waals surface area contributed by atoms with Crippen LogP contribution in [0.3, 0.4) is 0 Å². The Morgan fingerprint density at radius 1 is 1.32 bits per heavy atom. The zero-order valence-electron chi connectivity index (χ0n) is 13.0. The third-order valence-corrected chi connectivity index (χ3v) is 4.46. The number of anilines is 1. The lowest BCUT2D eigenvalue weighted by Gasteiger charge is -2.12. The van der Waals surface area contributed by atoms with E-state index in [1.807, 2.05) is 6.92 Å². The Labute approximate surface area is 157 Å². The van der Waals surface area contributed by atoms with Crippen molar-refractivity contribution in [1.29, 1.82) is 0 Å². The van der Waals surface area contributed by atoms with Crippen molar-refractivity contribution in [2.24, 2.45) is 0 Å². The fraction of sp³-hybridized carbons (Fsp3) is 0.125. The van der Waals surface area contributed by atoms with Crippen LogP contribution in [0.2, 0.25) is 10.0 Å². The van der Waals surface area contributed by atoms with Crippen molar-refractivity contribution in [3.8, 4) is 11.6 Å². The number of halogens is 2. The van der Waals surface area contributed by atoms with Gasteiger partial charge in [0.05, 0.1) is 16.4 Å². The summed E-state index contributed by atoms with van der Waals surface area (Å²) >= 11 is 13.0. The molecule has 0 fully saturated rings. The number of carbonyl (C=O) groups excluding carboxylic acids is 1. The van der Waals surface area contributed by atoms with Gasteiger partial charge in [0.1, 0.15) is 9.90 Å². The van der Waals surface area contributed by atoms with E-state index >= 15 is 0 Å². The van der Waals surface area contributed by atoms with E-state index < -0.39 is 0 Å². The van der Waals surface area contributed by atoms with Gasteiger partial charge in [-0.15, -0.1) is 5.10 Å². The van der Waals surface area contributed by atoms with Gasteiger partial charge < -0.3 is 10.1 Å². The summed E-state index contributed by atoms with van der Waals surface area (Å²) < 4.78 is 9.55. The first-order valence-electron chi connectivity index (χ1n) is 7.29. The van der Waals surface area contributed by atoms with Crippen LogP contribution in [0.15, 0.2) is 36.5 Å². The standard InChI is InChI=1S/C16H12Cl2N4O2S/c1-2-11-14(25-22-21-11)15(23)20-12-5-3-4-6-13(12)24-16-10(18)7-9(17)8-19-16/h3-8H,2H2,1H3,(H,20,23). The molecule has 0 saturated heterocycles. The highest BCUT2D eigenvalue weighted by Crippen LogP contribution is 2.33. The number of carbonyl (C=O) groups is 1. The van der Waals surface area contributed by atoms with Crippen LogP contribution >= 0.6 is 34.7 Å². The number of pyridine rings is 1. The highest BCUT2D eigenvalue weighted by molar-refractivity contribution is 7.08. The van der Waals surface area contributed by atoms with Crippen LogP contribution in [0.25, 0.3) is 0 Å². The molecule has 1 amide bonds. The fourth-order valence-corrected chi connectivity index (χ4v) is 3.10. The molecule has 0 atom stereocenters. The van der Waals surface area contributed by atoms with Crippen molar-refractivity contribution in [3.05, 3.63) is 57.1 Å². The quantitative estimate of drug-likeness (QED) is 0.669. The SMILES string of the molecule is CCc1nnsc1C(=O)Nc1ccccc1Oc1ncc(Cl)cc1Cl. The summed E-state index contributed by atoms with van der Waals surface area (Å²) in [6.07, 6.45) is 2.06. The largest absolute Gasteiger partial charge is 0.435 e. The molecule has 0 aliphatic rings. The molecule has 2 heterocycles. The second-order valence-corrected chi connectivity index (χ2v) is 6.49. The molecule has 0 spiro atoms. The molecule has 3 rings (SSSR count). The average molecular weight is 395 g/mol. The molecule has 6 nitrogen and oxygen atoms in total. The van der Waals surface area contributed by atoms with Crippen LogP contribution in [0, 0.1) is 0 Å². The van der Waals surface area contributed by atoms with Crippen molar-refractivity contribution in [2.45, 2.75) is 13.3 Å². The molecule has 1 N–H and O–H groups in total. The molecule has 0 saturated carbocycles. The van der Waals surface area contributed by atoms with E-state index in [2.05, 4.69) is 19.9 Å². The Morgan fingerprint density at radius 2 is 2.12 bits per heavy atom. The van der Waals surface area contributed by atoms with E-state index in [1.165, 1.54) is 12.3 Å². The highest BCUT2D eigenvalue weighted by Gasteiger charge is 2.17. The van der Waals surface area contributed by atoms with E-state index in [4.69, 9.17) is 27.9 Å². The molecule has 3 aromatic rings. The molecule has 9 heteroatoms. The lowest BCUT2D eigenvalue weighted by Crippen LogP contribution is -2.13. The lowest BCUT2D eigenvalue weighted by molar-refractivity contribution is 0.102. The van der Waals surface area contributed by atoms with Gasteiger partial charge in [0.2, 0.25) is 5.88 Å². The lowest BCUT2D eigenvalue weighted by atomic mass is 10.2. The molecule has 25 heavy (non-hydrogen) atoms. The van der Waals surface area contributed by atoms with Crippen LogP contribution in [0.1, 0.15) is 22.3 Å². The summed E-state index contributed by atoms with van der Waals surface area (Å²) in [6, 6.07) is 8.51. The molecule has 2 aromatic heterocycles. The second-order valence-electron chi connectivity index (χ2n) is 4.90. The Kier molecular flexibility index (Phi) is 5.47. The van der Waals surface area contributed by atoms with Crippen LogP contribution < -0.4 is 10.1 Å². The highest BCUT2D eigenvalue weighted by atomic mass is 35.5. The summed E-state index contributed by atoms with van der Waals surface area (Å²) in [7, 11) is 0. The summed E-state index contributed by atoms with van der Waals surface area (Å²) in [6.45, 7) is 1.92. The average Bonchev–Trinajstić information content (AvgIpc) is 3.08. The predicted octanol–water partition coefficient (Wildman–Crippen LogP) is 4.85.